The minimum atomic E-state index is -0.385. The molecule has 0 fully saturated rings. The molecule has 2 heterocycles. The highest BCUT2D eigenvalue weighted by Gasteiger charge is 2.31. The van der Waals surface area contributed by atoms with Crippen LogP contribution < -0.4 is 26.5 Å². The summed E-state index contributed by atoms with van der Waals surface area (Å²) in [6.45, 7) is 0.345. The van der Waals surface area contributed by atoms with E-state index in [4.69, 9.17) is 32.7 Å². The number of nitrogens with two attached hydrogens (primary N) is 2. The van der Waals surface area contributed by atoms with Crippen LogP contribution in [0.4, 0.5) is 5.82 Å². The van der Waals surface area contributed by atoms with Crippen LogP contribution >= 0.6 is 11.6 Å². The van der Waals surface area contributed by atoms with Crippen LogP contribution in [0.5, 0.6) is 11.5 Å². The zero-order chi connectivity index (χ0) is 14.8. The van der Waals surface area contributed by atoms with Crippen LogP contribution in [0.15, 0.2) is 36.5 Å². The summed E-state index contributed by atoms with van der Waals surface area (Å²) in [5.41, 5.74) is 9.29. The first-order chi connectivity index (χ1) is 10.2. The summed E-state index contributed by atoms with van der Waals surface area (Å²) in [6, 6.07) is 8.80. The van der Waals surface area contributed by atoms with Crippen molar-refractivity contribution in [3.8, 4) is 11.5 Å². The summed E-state index contributed by atoms with van der Waals surface area (Å²) in [7, 11) is 0. The number of anilines is 1. The van der Waals surface area contributed by atoms with E-state index in [1.165, 1.54) is 6.20 Å². The van der Waals surface area contributed by atoms with Gasteiger partial charge in [-0.1, -0.05) is 23.7 Å². The van der Waals surface area contributed by atoms with Crippen LogP contribution in [0.3, 0.4) is 0 Å². The fourth-order valence-electron chi connectivity index (χ4n) is 2.31. The average molecular weight is 307 g/mol. The Morgan fingerprint density at radius 2 is 2.10 bits per heavy atom. The van der Waals surface area contributed by atoms with Gasteiger partial charge in [-0.05, 0) is 18.2 Å². The second-order valence-corrected chi connectivity index (χ2v) is 5.12. The Labute approximate surface area is 127 Å². The smallest absolute Gasteiger partial charge is 0.161 e. The number of benzene rings is 1. The predicted molar refractivity (Wildman–Crippen MR) is 80.1 cm³/mol. The Hall–Kier alpha value is -2.02. The molecule has 7 heteroatoms. The average Bonchev–Trinajstić information content (AvgIpc) is 2.51. The van der Waals surface area contributed by atoms with Crippen LogP contribution in [0.1, 0.15) is 11.6 Å². The molecule has 1 aromatic heterocycles. The van der Waals surface area contributed by atoms with Crippen molar-refractivity contribution in [2.45, 2.75) is 12.1 Å². The Balaban J connectivity index is 1.90. The van der Waals surface area contributed by atoms with Crippen molar-refractivity contribution in [2.75, 3.05) is 12.3 Å². The number of nitrogen functional groups attached to an aromatic ring is 1. The van der Waals surface area contributed by atoms with Crippen LogP contribution in [-0.2, 0) is 0 Å². The van der Waals surface area contributed by atoms with Crippen molar-refractivity contribution in [1.29, 1.82) is 0 Å². The number of nitrogens with one attached hydrogen (secondary N) is 1. The van der Waals surface area contributed by atoms with Gasteiger partial charge in [-0.2, -0.15) is 0 Å². The summed E-state index contributed by atoms with van der Waals surface area (Å²) >= 11 is 5.98. The van der Waals surface area contributed by atoms with Crippen LogP contribution in [0.2, 0.25) is 5.02 Å². The van der Waals surface area contributed by atoms with E-state index in [1.807, 2.05) is 24.3 Å². The lowest BCUT2D eigenvalue weighted by molar-refractivity contribution is 0.0618. The molecule has 1 aromatic carbocycles. The second-order valence-electron chi connectivity index (χ2n) is 4.69. The highest BCUT2D eigenvalue weighted by Crippen LogP contribution is 2.35. The van der Waals surface area contributed by atoms with Crippen LogP contribution in [0.25, 0.3) is 0 Å². The fourth-order valence-corrected chi connectivity index (χ4v) is 2.48. The van der Waals surface area contributed by atoms with E-state index in [9.17, 15) is 0 Å². The monoisotopic (exact) mass is 306 g/mol. The maximum atomic E-state index is 5.98. The lowest BCUT2D eigenvalue weighted by Crippen LogP contribution is -2.44. The number of nitrogens with zero attached hydrogens (tertiary/aromatic N) is 1. The van der Waals surface area contributed by atoms with Gasteiger partial charge in [0.25, 0.3) is 0 Å². The Bertz CT molecular complexity index is 653. The van der Waals surface area contributed by atoms with E-state index in [-0.39, 0.29) is 12.1 Å². The lowest BCUT2D eigenvalue weighted by Gasteiger charge is -2.32. The minimum Gasteiger partial charge on any atom is -0.486 e. The highest BCUT2D eigenvalue weighted by atomic mass is 35.5. The van der Waals surface area contributed by atoms with E-state index < -0.39 is 0 Å². The highest BCUT2D eigenvalue weighted by molar-refractivity contribution is 6.30. The molecule has 1 aliphatic heterocycles. The van der Waals surface area contributed by atoms with E-state index in [2.05, 4.69) is 10.4 Å². The molecule has 3 rings (SSSR count). The van der Waals surface area contributed by atoms with Crippen LogP contribution in [0, 0.1) is 0 Å². The van der Waals surface area contributed by atoms with Crippen molar-refractivity contribution in [3.05, 3.63) is 47.1 Å². The quantitative estimate of drug-likeness (QED) is 0.589. The topological polar surface area (TPSA) is 95.4 Å². The van der Waals surface area contributed by atoms with Gasteiger partial charge in [0.2, 0.25) is 0 Å². The molecule has 0 bridgehead atoms. The molecule has 1 aliphatic rings. The van der Waals surface area contributed by atoms with Gasteiger partial charge in [0.1, 0.15) is 12.4 Å². The Kier molecular flexibility index (Phi) is 3.83. The van der Waals surface area contributed by atoms with Crippen molar-refractivity contribution in [3.63, 3.8) is 0 Å². The van der Waals surface area contributed by atoms with Crippen molar-refractivity contribution < 1.29 is 9.47 Å². The maximum absolute atomic E-state index is 5.98. The Morgan fingerprint density at radius 3 is 2.86 bits per heavy atom. The lowest BCUT2D eigenvalue weighted by atomic mass is 10.0. The number of halogens is 1. The van der Waals surface area contributed by atoms with Crippen LogP contribution in [-0.4, -0.2) is 17.7 Å². The molecule has 6 nitrogen and oxygen atoms in total. The number of pyridine rings is 1. The molecule has 110 valence electrons. The molecule has 0 saturated heterocycles. The number of rotatable bonds is 3. The summed E-state index contributed by atoms with van der Waals surface area (Å²) in [5, 5.41) is 0.483. The van der Waals surface area contributed by atoms with E-state index in [0.29, 0.717) is 34.5 Å². The third-order valence-corrected chi connectivity index (χ3v) is 3.54. The predicted octanol–water partition coefficient (Wildman–Crippen LogP) is 1.66. The van der Waals surface area contributed by atoms with E-state index in [0.717, 1.165) is 0 Å². The number of ether oxygens (including phenoxy) is 2. The Morgan fingerprint density at radius 1 is 1.33 bits per heavy atom. The third kappa shape index (κ3) is 2.73. The molecule has 21 heavy (non-hydrogen) atoms. The maximum Gasteiger partial charge on any atom is 0.161 e. The second kappa shape index (κ2) is 5.77. The van der Waals surface area contributed by atoms with Gasteiger partial charge in [-0.15, -0.1) is 0 Å². The third-order valence-electron chi connectivity index (χ3n) is 3.33. The van der Waals surface area contributed by atoms with Gasteiger partial charge >= 0.3 is 0 Å². The molecular formula is C14H15ClN4O2. The first-order valence-electron chi connectivity index (χ1n) is 6.44. The first kappa shape index (κ1) is 13.9. The molecule has 2 atom stereocenters. The van der Waals surface area contributed by atoms with Crippen molar-refractivity contribution in [2.24, 2.45) is 5.84 Å². The molecule has 0 spiro atoms. The molecule has 0 aliphatic carbocycles. The normalized spacial score (nSPS) is 18.3. The molecule has 2 aromatic rings. The molecule has 0 radical (unpaired) electrons. The number of hydrogen-bond acceptors (Lipinski definition) is 6. The summed E-state index contributed by atoms with van der Waals surface area (Å²) in [6.07, 6.45) is 1.15. The van der Waals surface area contributed by atoms with Gasteiger partial charge in [0.15, 0.2) is 17.6 Å². The van der Waals surface area contributed by atoms with Crippen molar-refractivity contribution in [1.82, 2.24) is 10.4 Å². The molecule has 0 amide bonds. The van der Waals surface area contributed by atoms with Gasteiger partial charge < -0.3 is 15.2 Å². The summed E-state index contributed by atoms with van der Waals surface area (Å²) in [4.78, 5) is 4.04. The standard InChI is InChI=1S/C14H15ClN4O2/c15-8-5-9(14(16)18-6-8)13(19-17)12-7-20-10-3-1-2-4-11(10)21-12/h1-6,12-13,19H,7,17H2,(H2,16,18). The number of aromatic nitrogens is 1. The van der Waals surface area contributed by atoms with E-state index in [1.54, 1.807) is 6.07 Å². The van der Waals surface area contributed by atoms with Gasteiger partial charge in [0, 0.05) is 11.8 Å². The largest absolute Gasteiger partial charge is 0.486 e. The number of hydrogen-bond donors (Lipinski definition) is 3. The zero-order valence-corrected chi connectivity index (χ0v) is 11.9. The molecule has 2 unspecified atom stereocenters. The van der Waals surface area contributed by atoms with Gasteiger partial charge in [-0.3, -0.25) is 5.84 Å². The molecule has 0 saturated carbocycles. The van der Waals surface area contributed by atoms with E-state index >= 15 is 0 Å². The summed E-state index contributed by atoms with van der Waals surface area (Å²) in [5.74, 6) is 7.39. The van der Waals surface area contributed by atoms with Gasteiger partial charge in [-0.25, -0.2) is 10.4 Å². The fraction of sp³-hybridized carbons (Fsp3) is 0.214. The zero-order valence-electron chi connectivity index (χ0n) is 11.1. The molecular weight excluding hydrogens is 292 g/mol. The summed E-state index contributed by atoms with van der Waals surface area (Å²) < 4.78 is 11.6. The van der Waals surface area contributed by atoms with Crippen molar-refractivity contribution >= 4 is 17.4 Å². The number of para-hydroxylation sites is 2. The number of hydrazine groups is 1. The SMILES string of the molecule is NNC(c1cc(Cl)cnc1N)C1COc2ccccc2O1. The molecule has 5 N–H and O–H groups in total. The number of fused-ring (bicyclic) bond motifs is 1. The first-order valence-corrected chi connectivity index (χ1v) is 6.82. The minimum absolute atomic E-state index is 0.340. The van der Waals surface area contributed by atoms with Gasteiger partial charge in [0.05, 0.1) is 11.1 Å².